The summed E-state index contributed by atoms with van der Waals surface area (Å²) in [5.41, 5.74) is 6.55. The predicted molar refractivity (Wildman–Crippen MR) is 59.6 cm³/mol. The van der Waals surface area contributed by atoms with Crippen molar-refractivity contribution in [3.63, 3.8) is 0 Å². The van der Waals surface area contributed by atoms with Gasteiger partial charge in [0.05, 0.1) is 11.7 Å². The van der Waals surface area contributed by atoms with Crippen molar-refractivity contribution in [1.82, 2.24) is 10.6 Å². The third-order valence-electron chi connectivity index (χ3n) is 2.75. The molecule has 1 aliphatic heterocycles. The molecule has 2 atom stereocenters. The summed E-state index contributed by atoms with van der Waals surface area (Å²) in [5.74, 6) is 0. The Morgan fingerprint density at radius 1 is 1.62 bits per heavy atom. The molecule has 0 aromatic carbocycles. The lowest BCUT2D eigenvalue weighted by Gasteiger charge is -2.31. The molecule has 6 heteroatoms. The van der Waals surface area contributed by atoms with Crippen LogP contribution in [0.1, 0.15) is 19.8 Å². The highest BCUT2D eigenvalue weighted by Crippen LogP contribution is 2.15. The van der Waals surface area contributed by atoms with Crippen molar-refractivity contribution in [3.8, 4) is 0 Å². The lowest BCUT2D eigenvalue weighted by Crippen LogP contribution is -2.48. The lowest BCUT2D eigenvalue weighted by atomic mass is 9.99. The summed E-state index contributed by atoms with van der Waals surface area (Å²) in [6.45, 7) is 2.32. The van der Waals surface area contributed by atoms with Crippen LogP contribution in [-0.4, -0.2) is 31.3 Å². The summed E-state index contributed by atoms with van der Waals surface area (Å²) >= 11 is 0. The van der Waals surface area contributed by atoms with E-state index in [1.54, 1.807) is 6.92 Å². The summed E-state index contributed by atoms with van der Waals surface area (Å²) in [7, 11) is 0. The second-order valence-electron chi connectivity index (χ2n) is 3.99. The number of halogens is 2. The van der Waals surface area contributed by atoms with Gasteiger partial charge in [0.1, 0.15) is 0 Å². The first-order valence-corrected chi connectivity index (χ1v) is 5.29. The van der Waals surface area contributed by atoms with E-state index in [2.05, 4.69) is 10.6 Å². The number of nitrogens with one attached hydrogen (secondary N) is 3. The maximum atomic E-state index is 12.5. The van der Waals surface area contributed by atoms with E-state index in [0.717, 1.165) is 12.6 Å². The highest BCUT2D eigenvalue weighted by atomic mass is 19.3. The SMILES string of the molecule is C/C(NC1CCNC(C(F)F)C1)=C(\N)C=N. The molecule has 2 unspecified atom stereocenters. The molecule has 0 bridgehead atoms. The smallest absolute Gasteiger partial charge is 0.253 e. The first kappa shape index (κ1) is 12.9. The minimum atomic E-state index is -2.34. The number of hydrogen-bond donors (Lipinski definition) is 4. The molecule has 1 aliphatic rings. The third-order valence-corrected chi connectivity index (χ3v) is 2.75. The van der Waals surface area contributed by atoms with Gasteiger partial charge in [0.15, 0.2) is 0 Å². The highest BCUT2D eigenvalue weighted by molar-refractivity contribution is 5.75. The van der Waals surface area contributed by atoms with E-state index < -0.39 is 12.5 Å². The normalized spacial score (nSPS) is 27.5. The molecule has 1 fully saturated rings. The predicted octanol–water partition coefficient (Wildman–Crippen LogP) is 0.801. The van der Waals surface area contributed by atoms with Crippen LogP contribution < -0.4 is 16.4 Å². The van der Waals surface area contributed by atoms with Crippen molar-refractivity contribution in [2.24, 2.45) is 5.73 Å². The molecule has 0 spiro atoms. The summed E-state index contributed by atoms with van der Waals surface area (Å²) in [5, 5.41) is 12.9. The quantitative estimate of drug-likeness (QED) is 0.542. The minimum absolute atomic E-state index is 0.00116. The zero-order valence-corrected chi connectivity index (χ0v) is 9.26. The van der Waals surface area contributed by atoms with E-state index in [4.69, 9.17) is 11.1 Å². The molecular formula is C10H18F2N4. The van der Waals surface area contributed by atoms with Gasteiger partial charge in [-0.15, -0.1) is 0 Å². The van der Waals surface area contributed by atoms with Crippen LogP contribution in [0.25, 0.3) is 0 Å². The van der Waals surface area contributed by atoms with E-state index in [1.165, 1.54) is 0 Å². The number of alkyl halides is 2. The van der Waals surface area contributed by atoms with E-state index in [0.29, 0.717) is 24.4 Å². The molecule has 0 saturated carbocycles. The first-order chi connectivity index (χ1) is 7.54. The van der Waals surface area contributed by atoms with Gasteiger partial charge in [0.25, 0.3) is 6.43 Å². The van der Waals surface area contributed by atoms with Gasteiger partial charge >= 0.3 is 0 Å². The Morgan fingerprint density at radius 3 is 2.88 bits per heavy atom. The summed E-state index contributed by atoms with van der Waals surface area (Å²) in [4.78, 5) is 0. The fourth-order valence-corrected chi connectivity index (χ4v) is 1.77. The summed E-state index contributed by atoms with van der Waals surface area (Å²) < 4.78 is 25.0. The second-order valence-corrected chi connectivity index (χ2v) is 3.99. The van der Waals surface area contributed by atoms with Crippen LogP contribution in [0.4, 0.5) is 8.78 Å². The van der Waals surface area contributed by atoms with Crippen LogP contribution in [-0.2, 0) is 0 Å². The van der Waals surface area contributed by atoms with Crippen LogP contribution in [0.15, 0.2) is 11.4 Å². The molecule has 1 rings (SSSR count). The number of nitrogens with two attached hydrogens (primary N) is 1. The molecule has 0 aromatic heterocycles. The lowest BCUT2D eigenvalue weighted by molar-refractivity contribution is 0.0783. The molecule has 0 aromatic rings. The van der Waals surface area contributed by atoms with Crippen LogP contribution in [0.3, 0.4) is 0 Å². The molecule has 1 heterocycles. The Morgan fingerprint density at radius 2 is 2.31 bits per heavy atom. The van der Waals surface area contributed by atoms with Crippen molar-refractivity contribution in [2.45, 2.75) is 38.3 Å². The van der Waals surface area contributed by atoms with Crippen molar-refractivity contribution in [3.05, 3.63) is 11.4 Å². The van der Waals surface area contributed by atoms with Crippen LogP contribution in [0.2, 0.25) is 0 Å². The average molecular weight is 232 g/mol. The maximum Gasteiger partial charge on any atom is 0.253 e. The van der Waals surface area contributed by atoms with Crippen molar-refractivity contribution in [1.29, 1.82) is 5.41 Å². The number of allylic oxidation sites excluding steroid dienone is 2. The van der Waals surface area contributed by atoms with Gasteiger partial charge in [-0.3, -0.25) is 0 Å². The topological polar surface area (TPSA) is 73.9 Å². The fourth-order valence-electron chi connectivity index (χ4n) is 1.77. The van der Waals surface area contributed by atoms with Gasteiger partial charge in [-0.05, 0) is 26.3 Å². The minimum Gasteiger partial charge on any atom is -0.396 e. The Hall–Kier alpha value is -1.17. The highest BCUT2D eigenvalue weighted by Gasteiger charge is 2.27. The van der Waals surface area contributed by atoms with Gasteiger partial charge in [-0.1, -0.05) is 0 Å². The fraction of sp³-hybridized carbons (Fsp3) is 0.700. The van der Waals surface area contributed by atoms with E-state index in [9.17, 15) is 8.78 Å². The molecule has 16 heavy (non-hydrogen) atoms. The molecule has 1 saturated heterocycles. The number of hydrogen-bond acceptors (Lipinski definition) is 4. The second kappa shape index (κ2) is 5.79. The monoisotopic (exact) mass is 232 g/mol. The van der Waals surface area contributed by atoms with Crippen molar-refractivity contribution < 1.29 is 8.78 Å². The molecular weight excluding hydrogens is 214 g/mol. The van der Waals surface area contributed by atoms with Crippen molar-refractivity contribution in [2.75, 3.05) is 6.54 Å². The van der Waals surface area contributed by atoms with Gasteiger partial charge in [-0.25, -0.2) is 8.78 Å². The van der Waals surface area contributed by atoms with E-state index >= 15 is 0 Å². The van der Waals surface area contributed by atoms with Gasteiger partial charge in [0.2, 0.25) is 0 Å². The Balaban J connectivity index is 2.52. The number of piperidine rings is 1. The van der Waals surface area contributed by atoms with Gasteiger partial charge in [-0.2, -0.15) is 0 Å². The molecule has 0 aliphatic carbocycles. The molecule has 0 radical (unpaired) electrons. The molecule has 92 valence electrons. The number of rotatable bonds is 4. The Kier molecular flexibility index (Phi) is 4.67. The maximum absolute atomic E-state index is 12.5. The largest absolute Gasteiger partial charge is 0.396 e. The molecule has 0 amide bonds. The summed E-state index contributed by atoms with van der Waals surface area (Å²) in [6, 6.07) is -0.751. The van der Waals surface area contributed by atoms with Gasteiger partial charge < -0.3 is 21.8 Å². The Bertz CT molecular complexity index is 278. The molecule has 5 N–H and O–H groups in total. The van der Waals surface area contributed by atoms with Crippen LogP contribution in [0, 0.1) is 5.41 Å². The zero-order chi connectivity index (χ0) is 12.1. The average Bonchev–Trinajstić information content (AvgIpc) is 2.28. The van der Waals surface area contributed by atoms with Crippen molar-refractivity contribution >= 4 is 6.21 Å². The van der Waals surface area contributed by atoms with Crippen LogP contribution >= 0.6 is 0 Å². The summed E-state index contributed by atoms with van der Waals surface area (Å²) in [6.07, 6.45) is -0.130. The standard InChI is InChI=1S/C10H18F2N4/c1-6(8(14)5-13)16-7-2-3-15-9(4-7)10(11)12/h5,7,9-10,13,15-16H,2-4,14H2,1H3/b8-6+,13-5?. The zero-order valence-electron chi connectivity index (χ0n) is 9.26. The van der Waals surface area contributed by atoms with Crippen LogP contribution in [0.5, 0.6) is 0 Å². The Labute approximate surface area is 93.8 Å². The molecule has 4 nitrogen and oxygen atoms in total. The first-order valence-electron chi connectivity index (χ1n) is 5.29. The van der Waals surface area contributed by atoms with Gasteiger partial charge in [0, 0.05) is 18.0 Å². The van der Waals surface area contributed by atoms with E-state index in [1.807, 2.05) is 0 Å². The van der Waals surface area contributed by atoms with E-state index in [-0.39, 0.29) is 6.04 Å². The third kappa shape index (κ3) is 3.44.